The van der Waals surface area contributed by atoms with Crippen molar-refractivity contribution in [3.05, 3.63) is 29.8 Å². The minimum Gasteiger partial charge on any atom is -0.211 e. The van der Waals surface area contributed by atoms with Crippen molar-refractivity contribution in [3.8, 4) is 0 Å². The van der Waals surface area contributed by atoms with E-state index in [2.05, 4.69) is 24.9 Å². The van der Waals surface area contributed by atoms with Crippen LogP contribution in [0.1, 0.15) is 51.0 Å². The zero-order valence-corrected chi connectivity index (χ0v) is 10.6. The number of rotatable bonds is 2. The third-order valence-corrected chi connectivity index (χ3v) is 3.86. The van der Waals surface area contributed by atoms with Gasteiger partial charge in [-0.2, -0.15) is 4.99 Å². The Morgan fingerprint density at radius 2 is 2.00 bits per heavy atom. The second-order valence-corrected chi connectivity index (χ2v) is 5.74. The molecule has 17 heavy (non-hydrogen) atoms. The van der Waals surface area contributed by atoms with Crippen LogP contribution >= 0.6 is 0 Å². The Bertz CT molecular complexity index is 434. The van der Waals surface area contributed by atoms with Gasteiger partial charge in [-0.05, 0) is 54.7 Å². The molecule has 1 aliphatic carbocycles. The van der Waals surface area contributed by atoms with Crippen LogP contribution in [0.15, 0.2) is 29.3 Å². The van der Waals surface area contributed by atoms with E-state index in [9.17, 15) is 4.79 Å². The minimum atomic E-state index is 0.495. The summed E-state index contributed by atoms with van der Waals surface area (Å²) >= 11 is 0. The highest BCUT2D eigenvalue weighted by Gasteiger charge is 2.27. The van der Waals surface area contributed by atoms with E-state index in [0.717, 1.165) is 5.69 Å². The summed E-state index contributed by atoms with van der Waals surface area (Å²) in [6, 6.07) is 7.99. The first-order valence-electron chi connectivity index (χ1n) is 6.28. The zero-order chi connectivity index (χ0) is 12.3. The lowest BCUT2D eigenvalue weighted by Gasteiger charge is -2.34. The molecule has 0 bridgehead atoms. The minimum absolute atomic E-state index is 0.495. The van der Waals surface area contributed by atoms with Gasteiger partial charge in [-0.25, -0.2) is 4.79 Å². The number of benzene rings is 1. The molecule has 0 amide bonds. The molecule has 1 aromatic rings. The molecule has 0 radical (unpaired) electrons. The van der Waals surface area contributed by atoms with Crippen molar-refractivity contribution in [2.24, 2.45) is 10.4 Å². The molecule has 0 atom stereocenters. The van der Waals surface area contributed by atoms with Gasteiger partial charge in [0.25, 0.3) is 0 Å². The number of isocyanates is 1. The summed E-state index contributed by atoms with van der Waals surface area (Å²) in [5.74, 6) is 0.629. The van der Waals surface area contributed by atoms with Crippen molar-refractivity contribution in [1.29, 1.82) is 0 Å². The fraction of sp³-hybridized carbons (Fsp3) is 0.533. The van der Waals surface area contributed by atoms with Gasteiger partial charge in [-0.1, -0.05) is 26.0 Å². The van der Waals surface area contributed by atoms with Gasteiger partial charge in [0.05, 0.1) is 5.69 Å². The normalized spacial score (nSPS) is 19.6. The Morgan fingerprint density at radius 1 is 1.29 bits per heavy atom. The maximum Gasteiger partial charge on any atom is 0.240 e. The van der Waals surface area contributed by atoms with Crippen LogP contribution in [-0.2, 0) is 4.79 Å². The summed E-state index contributed by atoms with van der Waals surface area (Å²) in [4.78, 5) is 13.9. The Balaban J connectivity index is 2.13. The Labute approximate surface area is 103 Å². The van der Waals surface area contributed by atoms with E-state index in [0.29, 0.717) is 11.3 Å². The smallest absolute Gasteiger partial charge is 0.211 e. The molecule has 2 nitrogen and oxygen atoms in total. The average Bonchev–Trinajstić information content (AvgIpc) is 2.30. The van der Waals surface area contributed by atoms with Crippen molar-refractivity contribution in [1.82, 2.24) is 0 Å². The highest BCUT2D eigenvalue weighted by atomic mass is 16.1. The summed E-state index contributed by atoms with van der Waals surface area (Å²) in [6.07, 6.45) is 6.63. The fourth-order valence-corrected chi connectivity index (χ4v) is 2.63. The highest BCUT2D eigenvalue weighted by molar-refractivity contribution is 5.50. The molecular weight excluding hydrogens is 210 g/mol. The lowest BCUT2D eigenvalue weighted by molar-refractivity contribution is 0.224. The maximum absolute atomic E-state index is 10.3. The first-order valence-corrected chi connectivity index (χ1v) is 6.28. The van der Waals surface area contributed by atoms with Crippen molar-refractivity contribution in [3.63, 3.8) is 0 Å². The summed E-state index contributed by atoms with van der Waals surface area (Å²) in [5, 5.41) is 0. The van der Waals surface area contributed by atoms with E-state index in [1.165, 1.54) is 31.2 Å². The zero-order valence-electron chi connectivity index (χ0n) is 10.6. The summed E-state index contributed by atoms with van der Waals surface area (Å²) in [5.41, 5.74) is 2.54. The van der Waals surface area contributed by atoms with E-state index in [1.54, 1.807) is 6.08 Å². The molecule has 0 heterocycles. The molecule has 0 aromatic heterocycles. The van der Waals surface area contributed by atoms with Gasteiger partial charge in [0.15, 0.2) is 0 Å². The van der Waals surface area contributed by atoms with Crippen LogP contribution in [-0.4, -0.2) is 6.08 Å². The van der Waals surface area contributed by atoms with Crippen LogP contribution in [0.5, 0.6) is 0 Å². The molecule has 1 aliphatic rings. The molecule has 0 spiro atoms. The molecule has 0 unspecified atom stereocenters. The van der Waals surface area contributed by atoms with Gasteiger partial charge in [-0.3, -0.25) is 0 Å². The van der Waals surface area contributed by atoms with E-state index in [4.69, 9.17) is 0 Å². The van der Waals surface area contributed by atoms with Gasteiger partial charge in [0.2, 0.25) is 6.08 Å². The molecule has 1 saturated carbocycles. The average molecular weight is 229 g/mol. The third-order valence-electron chi connectivity index (χ3n) is 3.86. The molecule has 90 valence electrons. The molecule has 1 aromatic carbocycles. The predicted molar refractivity (Wildman–Crippen MR) is 69.2 cm³/mol. The fourth-order valence-electron chi connectivity index (χ4n) is 2.63. The standard InChI is InChI=1S/C15H19NO/c1-15(2)8-6-12(7-9-15)13-4-3-5-14(10-13)16-11-17/h3-5,10,12H,6-9H2,1-2H3. The monoisotopic (exact) mass is 229 g/mol. The van der Waals surface area contributed by atoms with Crippen LogP contribution in [0.25, 0.3) is 0 Å². The Morgan fingerprint density at radius 3 is 2.65 bits per heavy atom. The summed E-state index contributed by atoms with van der Waals surface area (Å²) in [7, 11) is 0. The SMILES string of the molecule is CC1(C)CCC(c2cccc(N=C=O)c2)CC1. The first-order chi connectivity index (χ1) is 8.11. The van der Waals surface area contributed by atoms with Gasteiger partial charge < -0.3 is 0 Å². The number of carbonyl (C=O) groups excluding carboxylic acids is 1. The second kappa shape index (κ2) is 4.85. The van der Waals surface area contributed by atoms with Gasteiger partial charge in [-0.15, -0.1) is 0 Å². The number of nitrogens with zero attached hydrogens (tertiary/aromatic N) is 1. The van der Waals surface area contributed by atoms with Crippen LogP contribution in [0.4, 0.5) is 5.69 Å². The number of aliphatic imine (C=N–C) groups is 1. The van der Waals surface area contributed by atoms with E-state index in [1.807, 2.05) is 18.2 Å². The van der Waals surface area contributed by atoms with E-state index in [-0.39, 0.29) is 0 Å². The number of hydrogen-bond donors (Lipinski definition) is 0. The highest BCUT2D eigenvalue weighted by Crippen LogP contribution is 2.42. The topological polar surface area (TPSA) is 29.4 Å². The molecular formula is C15H19NO. The van der Waals surface area contributed by atoms with Gasteiger partial charge in [0.1, 0.15) is 0 Å². The van der Waals surface area contributed by atoms with Crippen LogP contribution in [0.3, 0.4) is 0 Å². The predicted octanol–water partition coefficient (Wildman–Crippen LogP) is 4.34. The lowest BCUT2D eigenvalue weighted by atomic mass is 9.71. The molecule has 0 N–H and O–H groups in total. The maximum atomic E-state index is 10.3. The molecule has 0 saturated heterocycles. The van der Waals surface area contributed by atoms with Crippen LogP contribution < -0.4 is 0 Å². The lowest BCUT2D eigenvalue weighted by Crippen LogP contribution is -2.20. The van der Waals surface area contributed by atoms with Crippen molar-refractivity contribution in [2.75, 3.05) is 0 Å². The Hall–Kier alpha value is -1.40. The quantitative estimate of drug-likeness (QED) is 0.548. The van der Waals surface area contributed by atoms with Gasteiger partial charge >= 0.3 is 0 Å². The van der Waals surface area contributed by atoms with E-state index < -0.39 is 0 Å². The van der Waals surface area contributed by atoms with Crippen molar-refractivity contribution >= 4 is 11.8 Å². The van der Waals surface area contributed by atoms with Crippen LogP contribution in [0.2, 0.25) is 0 Å². The summed E-state index contributed by atoms with van der Waals surface area (Å²) in [6.45, 7) is 4.69. The largest absolute Gasteiger partial charge is 0.240 e. The van der Waals surface area contributed by atoms with Gasteiger partial charge in [0, 0.05) is 0 Å². The number of hydrogen-bond acceptors (Lipinski definition) is 2. The second-order valence-electron chi connectivity index (χ2n) is 5.74. The van der Waals surface area contributed by atoms with Crippen molar-refractivity contribution < 1.29 is 4.79 Å². The third kappa shape index (κ3) is 3.04. The Kier molecular flexibility index (Phi) is 3.44. The van der Waals surface area contributed by atoms with Crippen LogP contribution in [0, 0.1) is 5.41 Å². The molecule has 0 aliphatic heterocycles. The first kappa shape index (κ1) is 12.1. The molecule has 1 fully saturated rings. The summed E-state index contributed by atoms with van der Waals surface area (Å²) < 4.78 is 0. The molecule has 2 heteroatoms. The molecule has 2 rings (SSSR count). The van der Waals surface area contributed by atoms with E-state index >= 15 is 0 Å². The van der Waals surface area contributed by atoms with Crippen molar-refractivity contribution in [2.45, 2.75) is 45.4 Å².